The Morgan fingerprint density at radius 1 is 1.11 bits per heavy atom. The minimum absolute atomic E-state index is 0.0736. The highest BCUT2D eigenvalue weighted by Crippen LogP contribution is 2.41. The topological polar surface area (TPSA) is 9.23 Å². The molecule has 0 spiro atoms. The van der Waals surface area contributed by atoms with E-state index in [1.807, 2.05) is 13.0 Å². The van der Waals surface area contributed by atoms with Gasteiger partial charge in [-0.3, -0.25) is 0 Å². The van der Waals surface area contributed by atoms with Gasteiger partial charge in [0.05, 0.1) is 5.92 Å². The van der Waals surface area contributed by atoms with Crippen LogP contribution in [0.25, 0.3) is 16.8 Å². The predicted molar refractivity (Wildman–Crippen MR) is 109 cm³/mol. The Hall–Kier alpha value is -2.23. The van der Waals surface area contributed by atoms with Gasteiger partial charge in [0, 0.05) is 5.56 Å². The second-order valence-corrected chi connectivity index (χ2v) is 7.63. The lowest BCUT2D eigenvalue weighted by Crippen LogP contribution is -2.37. The van der Waals surface area contributed by atoms with Crippen LogP contribution in [0.1, 0.15) is 51.0 Å². The Labute approximate surface area is 164 Å². The Kier molecular flexibility index (Phi) is 6.48. The maximum atomic E-state index is 14.7. The van der Waals surface area contributed by atoms with Crippen LogP contribution in [0.15, 0.2) is 49.1 Å². The Bertz CT molecular complexity index is 848. The summed E-state index contributed by atoms with van der Waals surface area (Å²) in [6.07, 6.45) is 6.58. The van der Waals surface area contributed by atoms with Gasteiger partial charge in [-0.05, 0) is 86.4 Å². The number of hydrogen-bond donors (Lipinski definition) is 0. The van der Waals surface area contributed by atoms with E-state index < -0.39 is 12.0 Å². The molecule has 2 aromatic carbocycles. The molecule has 1 saturated carbocycles. The van der Waals surface area contributed by atoms with E-state index in [-0.39, 0.29) is 11.6 Å². The summed E-state index contributed by atoms with van der Waals surface area (Å²) in [6, 6.07) is 7.78. The van der Waals surface area contributed by atoms with Gasteiger partial charge in [0.25, 0.3) is 0 Å². The lowest BCUT2D eigenvalue weighted by molar-refractivity contribution is -0.223. The van der Waals surface area contributed by atoms with E-state index >= 15 is 0 Å². The molecular formula is C24H27F3O. The van der Waals surface area contributed by atoms with Gasteiger partial charge in [-0.1, -0.05) is 24.3 Å². The summed E-state index contributed by atoms with van der Waals surface area (Å²) in [6.45, 7) is 5.54. The van der Waals surface area contributed by atoms with Crippen LogP contribution in [-0.2, 0) is 0 Å². The molecule has 0 saturated heterocycles. The molecule has 0 unspecified atom stereocenters. The monoisotopic (exact) mass is 388 g/mol. The number of hydrogen-bond acceptors (Lipinski definition) is 1. The van der Waals surface area contributed by atoms with Crippen LogP contribution >= 0.6 is 0 Å². The quantitative estimate of drug-likeness (QED) is 0.440. The molecule has 0 bridgehead atoms. The molecule has 0 aliphatic heterocycles. The van der Waals surface area contributed by atoms with Crippen LogP contribution < -0.4 is 4.74 Å². The highest BCUT2D eigenvalue weighted by Gasteiger charge is 2.43. The average molecular weight is 388 g/mol. The van der Waals surface area contributed by atoms with Crippen LogP contribution in [0, 0.1) is 17.7 Å². The average Bonchev–Trinajstić information content (AvgIpc) is 2.67. The molecule has 1 fully saturated rings. The Balaban J connectivity index is 1.70. The van der Waals surface area contributed by atoms with Crippen molar-refractivity contribution >= 4 is 16.8 Å². The van der Waals surface area contributed by atoms with Gasteiger partial charge >= 0.3 is 6.11 Å². The number of ether oxygens (including phenoxy) is 1. The van der Waals surface area contributed by atoms with Crippen molar-refractivity contribution in [1.82, 2.24) is 0 Å². The van der Waals surface area contributed by atoms with E-state index in [0.29, 0.717) is 29.7 Å². The fraction of sp³-hybridized carbons (Fsp3) is 0.417. The van der Waals surface area contributed by atoms with Crippen LogP contribution in [0.3, 0.4) is 0 Å². The molecule has 0 atom stereocenters. The largest absolute Gasteiger partial charge is 0.432 e. The molecule has 0 N–H and O–H groups in total. The zero-order valence-corrected chi connectivity index (χ0v) is 16.3. The summed E-state index contributed by atoms with van der Waals surface area (Å²) in [5, 5.41) is 1.33. The molecule has 1 nitrogen and oxygen atoms in total. The molecule has 28 heavy (non-hydrogen) atoms. The van der Waals surface area contributed by atoms with Crippen molar-refractivity contribution in [2.45, 2.75) is 51.6 Å². The van der Waals surface area contributed by atoms with Gasteiger partial charge in [-0.25, -0.2) is 4.39 Å². The molecule has 1 aliphatic carbocycles. The van der Waals surface area contributed by atoms with Crippen molar-refractivity contribution in [2.75, 3.05) is 0 Å². The zero-order chi connectivity index (χ0) is 20.1. The molecule has 0 amide bonds. The summed E-state index contributed by atoms with van der Waals surface area (Å²) in [7, 11) is 0. The summed E-state index contributed by atoms with van der Waals surface area (Å²) >= 11 is 0. The Morgan fingerprint density at radius 2 is 1.86 bits per heavy atom. The molecule has 2 aromatic rings. The fourth-order valence-corrected chi connectivity index (χ4v) is 4.02. The van der Waals surface area contributed by atoms with Crippen molar-refractivity contribution in [2.24, 2.45) is 11.8 Å². The van der Waals surface area contributed by atoms with Crippen LogP contribution in [-0.4, -0.2) is 6.11 Å². The van der Waals surface area contributed by atoms with Crippen molar-refractivity contribution < 1.29 is 17.9 Å². The van der Waals surface area contributed by atoms with Crippen LogP contribution in [0.4, 0.5) is 13.2 Å². The molecule has 150 valence electrons. The molecule has 4 heteroatoms. The zero-order valence-electron chi connectivity index (χ0n) is 16.3. The standard InChI is InChI=1S/C24H27F3O/c1-3-5-7-17-8-11-21(12-9-17)24(26,27)28-22-13-10-18-14-19(6-4-2)23(25)16-20(18)15-22/h3-4,6,10,13-17,21H,1,5,7-9,11-12H2,2H3/b6-4+. The molecule has 0 aromatic heterocycles. The lowest BCUT2D eigenvalue weighted by atomic mass is 9.79. The summed E-state index contributed by atoms with van der Waals surface area (Å²) in [5.41, 5.74) is 0.474. The van der Waals surface area contributed by atoms with Crippen molar-refractivity contribution in [3.63, 3.8) is 0 Å². The second kappa shape index (κ2) is 8.85. The van der Waals surface area contributed by atoms with Crippen molar-refractivity contribution in [1.29, 1.82) is 0 Å². The second-order valence-electron chi connectivity index (χ2n) is 7.63. The maximum absolute atomic E-state index is 14.7. The molecule has 3 rings (SSSR count). The number of fused-ring (bicyclic) bond motifs is 1. The highest BCUT2D eigenvalue weighted by molar-refractivity contribution is 5.86. The van der Waals surface area contributed by atoms with Crippen LogP contribution in [0.5, 0.6) is 5.75 Å². The summed E-state index contributed by atoms with van der Waals surface area (Å²) in [5.74, 6) is -0.589. The number of benzene rings is 2. The fourth-order valence-electron chi connectivity index (χ4n) is 4.02. The first-order chi connectivity index (χ1) is 13.4. The minimum Gasteiger partial charge on any atom is -0.432 e. The van der Waals surface area contributed by atoms with Crippen molar-refractivity contribution in [3.8, 4) is 5.75 Å². The Morgan fingerprint density at radius 3 is 2.54 bits per heavy atom. The van der Waals surface area contributed by atoms with Gasteiger partial charge in [0.2, 0.25) is 0 Å². The number of alkyl halides is 2. The normalized spacial score (nSPS) is 20.6. The van der Waals surface area contributed by atoms with Gasteiger partial charge in [0.15, 0.2) is 0 Å². The van der Waals surface area contributed by atoms with Gasteiger partial charge < -0.3 is 4.74 Å². The summed E-state index contributed by atoms with van der Waals surface area (Å²) < 4.78 is 48.6. The van der Waals surface area contributed by atoms with Gasteiger partial charge in [-0.2, -0.15) is 8.78 Å². The van der Waals surface area contributed by atoms with Gasteiger partial charge in [0.1, 0.15) is 11.6 Å². The number of rotatable bonds is 7. The molecule has 1 aliphatic rings. The SMILES string of the molecule is C=CCCC1CCC(C(F)(F)Oc2ccc3cc(/C=C/C)c(F)cc3c2)CC1. The third kappa shape index (κ3) is 4.78. The van der Waals surface area contributed by atoms with E-state index in [0.717, 1.165) is 31.1 Å². The molecular weight excluding hydrogens is 361 g/mol. The van der Waals surface area contributed by atoms with E-state index in [1.54, 1.807) is 24.3 Å². The number of halogens is 3. The van der Waals surface area contributed by atoms with E-state index in [9.17, 15) is 13.2 Å². The predicted octanol–water partition coefficient (Wildman–Crippen LogP) is 7.76. The molecule has 0 heterocycles. The molecule has 0 radical (unpaired) electrons. The summed E-state index contributed by atoms with van der Waals surface area (Å²) in [4.78, 5) is 0. The third-order valence-electron chi connectivity index (χ3n) is 5.63. The first kappa shape index (κ1) is 20.5. The first-order valence-corrected chi connectivity index (χ1v) is 9.96. The lowest BCUT2D eigenvalue weighted by Gasteiger charge is -2.33. The minimum atomic E-state index is -3.22. The maximum Gasteiger partial charge on any atom is 0.400 e. The van der Waals surface area contributed by atoms with Crippen molar-refractivity contribution in [3.05, 3.63) is 60.4 Å². The van der Waals surface area contributed by atoms with E-state index in [4.69, 9.17) is 4.74 Å². The van der Waals surface area contributed by atoms with Gasteiger partial charge in [-0.15, -0.1) is 6.58 Å². The third-order valence-corrected chi connectivity index (χ3v) is 5.63. The smallest absolute Gasteiger partial charge is 0.400 e. The number of allylic oxidation sites excluding steroid dienone is 2. The van der Waals surface area contributed by atoms with Crippen LogP contribution in [0.2, 0.25) is 0 Å². The highest BCUT2D eigenvalue weighted by atomic mass is 19.3. The van der Waals surface area contributed by atoms with E-state index in [2.05, 4.69) is 6.58 Å². The first-order valence-electron chi connectivity index (χ1n) is 9.96. The van der Waals surface area contributed by atoms with E-state index in [1.165, 1.54) is 18.2 Å².